The van der Waals surface area contributed by atoms with Gasteiger partial charge in [-0.3, -0.25) is 4.79 Å². The van der Waals surface area contributed by atoms with Crippen LogP contribution in [0.25, 0.3) is 0 Å². The van der Waals surface area contributed by atoms with Gasteiger partial charge in [0.15, 0.2) is 0 Å². The zero-order valence-corrected chi connectivity index (χ0v) is 7.36. The number of hydrogen-bond acceptors (Lipinski definition) is 3. The molecule has 0 fully saturated rings. The van der Waals surface area contributed by atoms with Crippen LogP contribution in [-0.2, 0) is 6.54 Å². The molecule has 0 aliphatic heterocycles. The number of terminal acetylenes is 1. The van der Waals surface area contributed by atoms with Crippen molar-refractivity contribution in [3.8, 4) is 18.2 Å². The summed E-state index contributed by atoms with van der Waals surface area (Å²) >= 11 is 0. The molecule has 4 heteroatoms. The first-order chi connectivity index (χ1) is 6.27. The Morgan fingerprint density at radius 3 is 3.08 bits per heavy atom. The van der Waals surface area contributed by atoms with E-state index in [0.717, 1.165) is 0 Å². The highest BCUT2D eigenvalue weighted by atomic mass is 16.5. The first kappa shape index (κ1) is 9.33. The molecule has 0 aliphatic rings. The zero-order chi connectivity index (χ0) is 9.68. The first-order valence-corrected chi connectivity index (χ1v) is 3.83. The lowest BCUT2D eigenvalue weighted by Gasteiger charge is -2.03. The minimum Gasteiger partial charge on any atom is -0.480 e. The third kappa shape index (κ3) is 2.34. The molecule has 0 unspecified atom stereocenters. The second-order valence-electron chi connectivity index (χ2n) is 2.39. The van der Waals surface area contributed by atoms with Crippen LogP contribution in [0, 0.1) is 12.3 Å². The molecule has 0 aromatic carbocycles. The van der Waals surface area contributed by atoms with Gasteiger partial charge in [-0.1, -0.05) is 0 Å². The Morgan fingerprint density at radius 2 is 2.46 bits per heavy atom. The SMILES string of the molecule is C#CCCn1nc(OC)ccc1=O. The molecule has 1 aromatic rings. The number of nitrogens with zero attached hydrogens (tertiary/aromatic N) is 2. The topological polar surface area (TPSA) is 44.1 Å². The summed E-state index contributed by atoms with van der Waals surface area (Å²) in [6, 6.07) is 2.93. The van der Waals surface area contributed by atoms with Crippen LogP contribution in [0.2, 0.25) is 0 Å². The molecule has 1 rings (SSSR count). The minimum atomic E-state index is -0.170. The summed E-state index contributed by atoms with van der Waals surface area (Å²) in [6.07, 6.45) is 5.56. The molecule has 4 nitrogen and oxygen atoms in total. The summed E-state index contributed by atoms with van der Waals surface area (Å²) in [5, 5.41) is 3.91. The van der Waals surface area contributed by atoms with E-state index >= 15 is 0 Å². The van der Waals surface area contributed by atoms with E-state index in [4.69, 9.17) is 11.2 Å². The van der Waals surface area contributed by atoms with Crippen LogP contribution in [0.3, 0.4) is 0 Å². The van der Waals surface area contributed by atoms with Crippen molar-refractivity contribution in [2.24, 2.45) is 0 Å². The molecule has 0 spiro atoms. The standard InChI is InChI=1S/C9H10N2O2/c1-3-4-7-11-9(12)6-5-8(10-11)13-2/h1,5-6H,4,7H2,2H3. The second-order valence-corrected chi connectivity index (χ2v) is 2.39. The number of methoxy groups -OCH3 is 1. The van der Waals surface area contributed by atoms with Crippen molar-refractivity contribution in [1.29, 1.82) is 0 Å². The van der Waals surface area contributed by atoms with Crippen LogP contribution < -0.4 is 10.3 Å². The van der Waals surface area contributed by atoms with Crippen LogP contribution in [0.5, 0.6) is 5.88 Å². The van der Waals surface area contributed by atoms with E-state index in [-0.39, 0.29) is 5.56 Å². The van der Waals surface area contributed by atoms with Crippen LogP contribution in [0.15, 0.2) is 16.9 Å². The Balaban J connectivity index is 2.92. The lowest BCUT2D eigenvalue weighted by Crippen LogP contribution is -2.21. The van der Waals surface area contributed by atoms with Gasteiger partial charge in [0, 0.05) is 18.6 Å². The number of aryl methyl sites for hydroxylation is 1. The van der Waals surface area contributed by atoms with Crippen molar-refractivity contribution in [3.05, 3.63) is 22.5 Å². The fourth-order valence-corrected chi connectivity index (χ4v) is 0.870. The molecule has 0 radical (unpaired) electrons. The molecule has 0 amide bonds. The normalized spacial score (nSPS) is 9.23. The largest absolute Gasteiger partial charge is 0.480 e. The molecule has 0 N–H and O–H groups in total. The van der Waals surface area contributed by atoms with Gasteiger partial charge < -0.3 is 4.74 Å². The second kappa shape index (κ2) is 4.31. The summed E-state index contributed by atoms with van der Waals surface area (Å²) in [6.45, 7) is 0.423. The molecular weight excluding hydrogens is 168 g/mol. The van der Waals surface area contributed by atoms with E-state index in [9.17, 15) is 4.79 Å². The highest BCUT2D eigenvalue weighted by molar-refractivity contribution is 5.06. The Labute approximate surface area is 76.1 Å². The summed E-state index contributed by atoms with van der Waals surface area (Å²) in [5.41, 5.74) is -0.170. The maximum Gasteiger partial charge on any atom is 0.267 e. The lowest BCUT2D eigenvalue weighted by atomic mass is 10.4. The quantitative estimate of drug-likeness (QED) is 0.624. The number of rotatable bonds is 3. The van der Waals surface area contributed by atoms with Gasteiger partial charge >= 0.3 is 0 Å². The van der Waals surface area contributed by atoms with Gasteiger partial charge in [0.05, 0.1) is 13.7 Å². The number of hydrogen-bond donors (Lipinski definition) is 0. The van der Waals surface area contributed by atoms with Gasteiger partial charge in [-0.15, -0.1) is 17.4 Å². The first-order valence-electron chi connectivity index (χ1n) is 3.83. The van der Waals surface area contributed by atoms with Gasteiger partial charge in [-0.2, -0.15) is 0 Å². The fourth-order valence-electron chi connectivity index (χ4n) is 0.870. The lowest BCUT2D eigenvalue weighted by molar-refractivity contribution is 0.376. The average Bonchev–Trinajstić information content (AvgIpc) is 2.17. The molecule has 0 bridgehead atoms. The summed E-state index contributed by atoms with van der Waals surface area (Å²) < 4.78 is 6.16. The van der Waals surface area contributed by atoms with Crippen LogP contribution >= 0.6 is 0 Å². The Kier molecular flexibility index (Phi) is 3.09. The maximum atomic E-state index is 11.2. The van der Waals surface area contributed by atoms with E-state index in [0.29, 0.717) is 18.8 Å². The van der Waals surface area contributed by atoms with E-state index in [1.54, 1.807) is 0 Å². The average molecular weight is 178 g/mol. The summed E-state index contributed by atoms with van der Waals surface area (Å²) in [4.78, 5) is 11.2. The minimum absolute atomic E-state index is 0.170. The Hall–Kier alpha value is -1.76. The molecule has 13 heavy (non-hydrogen) atoms. The summed E-state index contributed by atoms with van der Waals surface area (Å²) in [5.74, 6) is 2.85. The van der Waals surface area contributed by atoms with Crippen molar-refractivity contribution in [1.82, 2.24) is 9.78 Å². The van der Waals surface area contributed by atoms with E-state index < -0.39 is 0 Å². The van der Waals surface area contributed by atoms with Crippen LogP contribution in [0.1, 0.15) is 6.42 Å². The molecular formula is C9H10N2O2. The Morgan fingerprint density at radius 1 is 1.69 bits per heavy atom. The van der Waals surface area contributed by atoms with Gasteiger partial charge in [-0.25, -0.2) is 4.68 Å². The fraction of sp³-hybridized carbons (Fsp3) is 0.333. The molecule has 1 heterocycles. The highest BCUT2D eigenvalue weighted by Crippen LogP contribution is 1.99. The molecule has 68 valence electrons. The predicted molar refractivity (Wildman–Crippen MR) is 48.5 cm³/mol. The molecule has 0 atom stereocenters. The third-order valence-electron chi connectivity index (χ3n) is 1.52. The van der Waals surface area contributed by atoms with E-state index in [1.807, 2.05) is 0 Å². The van der Waals surface area contributed by atoms with Crippen molar-refractivity contribution in [2.75, 3.05) is 7.11 Å². The highest BCUT2D eigenvalue weighted by Gasteiger charge is 1.98. The van der Waals surface area contributed by atoms with Crippen molar-refractivity contribution in [3.63, 3.8) is 0 Å². The number of aromatic nitrogens is 2. The van der Waals surface area contributed by atoms with E-state index in [1.165, 1.54) is 23.9 Å². The van der Waals surface area contributed by atoms with Crippen molar-refractivity contribution >= 4 is 0 Å². The third-order valence-corrected chi connectivity index (χ3v) is 1.52. The van der Waals surface area contributed by atoms with Crippen molar-refractivity contribution in [2.45, 2.75) is 13.0 Å². The smallest absolute Gasteiger partial charge is 0.267 e. The Bertz CT molecular complexity index is 376. The van der Waals surface area contributed by atoms with Gasteiger partial charge in [-0.05, 0) is 0 Å². The monoisotopic (exact) mass is 178 g/mol. The molecule has 0 saturated carbocycles. The maximum absolute atomic E-state index is 11.2. The van der Waals surface area contributed by atoms with Crippen LogP contribution in [0.4, 0.5) is 0 Å². The van der Waals surface area contributed by atoms with E-state index in [2.05, 4.69) is 11.0 Å². The molecule has 1 aromatic heterocycles. The van der Waals surface area contributed by atoms with Gasteiger partial charge in [0.25, 0.3) is 5.56 Å². The van der Waals surface area contributed by atoms with Gasteiger partial charge in [0.1, 0.15) is 0 Å². The zero-order valence-electron chi connectivity index (χ0n) is 7.36. The molecule has 0 aliphatic carbocycles. The number of ether oxygens (including phenoxy) is 1. The predicted octanol–water partition coefficient (Wildman–Crippen LogP) is 0.275. The van der Waals surface area contributed by atoms with Crippen molar-refractivity contribution < 1.29 is 4.74 Å². The summed E-state index contributed by atoms with van der Waals surface area (Å²) in [7, 11) is 1.50. The van der Waals surface area contributed by atoms with Crippen LogP contribution in [-0.4, -0.2) is 16.9 Å². The molecule has 0 saturated heterocycles. The van der Waals surface area contributed by atoms with Gasteiger partial charge in [0.2, 0.25) is 5.88 Å².